The molecule has 1 aromatic heterocycles. The molecule has 0 saturated heterocycles. The van der Waals surface area contributed by atoms with Gasteiger partial charge in [0.05, 0.1) is 0 Å². The Balaban J connectivity index is 1.70. The minimum atomic E-state index is -0.387. The van der Waals surface area contributed by atoms with Gasteiger partial charge in [-0.15, -0.1) is 0 Å². The number of nitrogens with one attached hydrogen (secondary N) is 2. The summed E-state index contributed by atoms with van der Waals surface area (Å²) in [5, 5.41) is 5.88. The highest BCUT2D eigenvalue weighted by Gasteiger charge is 2.10. The number of nitrogens with zero attached hydrogens (tertiary/aromatic N) is 2. The Bertz CT molecular complexity index is 914. The topological polar surface area (TPSA) is 66.9 Å². The monoisotopic (exact) mass is 350 g/mol. The summed E-state index contributed by atoms with van der Waals surface area (Å²) in [5.74, 6) is -0.214. The van der Waals surface area contributed by atoms with Crippen LogP contribution in [0.5, 0.6) is 0 Å². The Morgan fingerprint density at radius 3 is 2.54 bits per heavy atom. The van der Waals surface area contributed by atoms with E-state index in [1.807, 2.05) is 24.3 Å². The summed E-state index contributed by atoms with van der Waals surface area (Å²) in [6.07, 6.45) is 2.21. The van der Waals surface area contributed by atoms with Crippen LogP contribution in [0.25, 0.3) is 0 Å². The quantitative estimate of drug-likeness (QED) is 0.709. The number of aryl methyl sites for hydroxylation is 1. The maximum absolute atomic E-state index is 13.6. The molecule has 0 spiro atoms. The molecule has 0 unspecified atom stereocenters. The van der Waals surface area contributed by atoms with Crippen molar-refractivity contribution in [2.45, 2.75) is 19.9 Å². The molecule has 1 amide bonds. The Kier molecular flexibility index (Phi) is 5.53. The molecule has 0 bridgehead atoms. The molecule has 0 fully saturated rings. The minimum Gasteiger partial charge on any atom is -0.347 e. The van der Waals surface area contributed by atoms with Gasteiger partial charge in [-0.25, -0.2) is 14.4 Å². The van der Waals surface area contributed by atoms with Gasteiger partial charge in [0.15, 0.2) is 0 Å². The standard InChI is InChI=1S/C20H19FN4O/c1-2-14-7-4-6-10-17(14)25-19-11-18(23-13-24-19)20(26)22-12-15-8-3-5-9-16(15)21/h3-11,13H,2,12H2,1H3,(H,22,26)(H,23,24,25). The fraction of sp³-hybridized carbons (Fsp3) is 0.150. The smallest absolute Gasteiger partial charge is 0.270 e. The second kappa shape index (κ2) is 8.20. The molecule has 0 radical (unpaired) electrons. The molecule has 5 nitrogen and oxygen atoms in total. The van der Waals surface area contributed by atoms with Crippen LogP contribution in [-0.2, 0) is 13.0 Å². The fourth-order valence-corrected chi connectivity index (χ4v) is 2.55. The lowest BCUT2D eigenvalue weighted by Crippen LogP contribution is -2.24. The number of benzene rings is 2. The molecule has 0 saturated carbocycles. The first-order valence-electron chi connectivity index (χ1n) is 8.36. The van der Waals surface area contributed by atoms with Crippen LogP contribution in [0.4, 0.5) is 15.9 Å². The first-order chi connectivity index (χ1) is 12.7. The number of para-hydroxylation sites is 1. The van der Waals surface area contributed by atoms with E-state index in [0.717, 1.165) is 17.7 Å². The third-order valence-corrected chi connectivity index (χ3v) is 3.96. The van der Waals surface area contributed by atoms with Crippen LogP contribution in [0.3, 0.4) is 0 Å². The summed E-state index contributed by atoms with van der Waals surface area (Å²) in [6.45, 7) is 2.17. The molecule has 2 aromatic carbocycles. The van der Waals surface area contributed by atoms with E-state index in [9.17, 15) is 9.18 Å². The van der Waals surface area contributed by atoms with Gasteiger partial charge in [0.2, 0.25) is 0 Å². The second-order valence-electron chi connectivity index (χ2n) is 5.70. The van der Waals surface area contributed by atoms with E-state index in [1.165, 1.54) is 12.4 Å². The van der Waals surface area contributed by atoms with Gasteiger partial charge < -0.3 is 10.6 Å². The van der Waals surface area contributed by atoms with Crippen LogP contribution in [0.1, 0.15) is 28.5 Å². The second-order valence-corrected chi connectivity index (χ2v) is 5.70. The van der Waals surface area contributed by atoms with Gasteiger partial charge in [0, 0.05) is 23.9 Å². The average molecular weight is 350 g/mol. The lowest BCUT2D eigenvalue weighted by molar-refractivity contribution is 0.0945. The Morgan fingerprint density at radius 2 is 1.77 bits per heavy atom. The summed E-state index contributed by atoms with van der Waals surface area (Å²) in [7, 11) is 0. The molecule has 0 aliphatic rings. The summed E-state index contributed by atoms with van der Waals surface area (Å²) >= 11 is 0. The summed E-state index contributed by atoms with van der Waals surface area (Å²) in [6, 6.07) is 15.8. The number of amides is 1. The first kappa shape index (κ1) is 17.5. The maximum atomic E-state index is 13.6. The molecule has 0 aliphatic heterocycles. The van der Waals surface area contributed by atoms with Crippen molar-refractivity contribution in [3.05, 3.63) is 83.6 Å². The third kappa shape index (κ3) is 4.22. The van der Waals surface area contributed by atoms with Gasteiger partial charge in [-0.05, 0) is 24.1 Å². The largest absolute Gasteiger partial charge is 0.347 e. The van der Waals surface area contributed by atoms with Crippen molar-refractivity contribution in [3.8, 4) is 0 Å². The van der Waals surface area contributed by atoms with Gasteiger partial charge in [-0.3, -0.25) is 4.79 Å². The molecular formula is C20H19FN4O. The van der Waals surface area contributed by atoms with E-state index < -0.39 is 0 Å². The predicted octanol–water partition coefficient (Wildman–Crippen LogP) is 3.85. The number of carbonyl (C=O) groups is 1. The SMILES string of the molecule is CCc1ccccc1Nc1cc(C(=O)NCc2ccccc2F)ncn1. The molecule has 3 rings (SSSR count). The highest BCUT2D eigenvalue weighted by Crippen LogP contribution is 2.20. The molecule has 132 valence electrons. The molecule has 2 N–H and O–H groups in total. The number of hydrogen-bond donors (Lipinski definition) is 2. The zero-order valence-electron chi connectivity index (χ0n) is 14.4. The van der Waals surface area contributed by atoms with Gasteiger partial charge in [0.25, 0.3) is 5.91 Å². The lowest BCUT2D eigenvalue weighted by atomic mass is 10.1. The Morgan fingerprint density at radius 1 is 1.04 bits per heavy atom. The van der Waals surface area contributed by atoms with Crippen LogP contribution in [0.15, 0.2) is 60.9 Å². The van der Waals surface area contributed by atoms with E-state index in [0.29, 0.717) is 11.4 Å². The highest BCUT2D eigenvalue weighted by atomic mass is 19.1. The van der Waals surface area contributed by atoms with Crippen molar-refractivity contribution >= 4 is 17.4 Å². The van der Waals surface area contributed by atoms with Crippen molar-refractivity contribution in [1.29, 1.82) is 0 Å². The summed E-state index contributed by atoms with van der Waals surface area (Å²) < 4.78 is 13.6. The van der Waals surface area contributed by atoms with Crippen molar-refractivity contribution < 1.29 is 9.18 Å². The molecule has 6 heteroatoms. The van der Waals surface area contributed by atoms with Crippen LogP contribution >= 0.6 is 0 Å². The molecular weight excluding hydrogens is 331 g/mol. The first-order valence-corrected chi connectivity index (χ1v) is 8.36. The van der Waals surface area contributed by atoms with E-state index in [1.54, 1.807) is 24.3 Å². The molecule has 1 heterocycles. The lowest BCUT2D eigenvalue weighted by Gasteiger charge is -2.11. The zero-order chi connectivity index (χ0) is 18.4. The normalized spacial score (nSPS) is 10.4. The van der Waals surface area contributed by atoms with Crippen molar-refractivity contribution in [3.63, 3.8) is 0 Å². The van der Waals surface area contributed by atoms with E-state index >= 15 is 0 Å². The Hall–Kier alpha value is -3.28. The number of carbonyl (C=O) groups excluding carboxylic acids is 1. The third-order valence-electron chi connectivity index (χ3n) is 3.96. The summed E-state index contributed by atoms with van der Waals surface area (Å²) in [4.78, 5) is 20.5. The van der Waals surface area contributed by atoms with Crippen molar-refractivity contribution in [2.24, 2.45) is 0 Å². The number of aromatic nitrogens is 2. The maximum Gasteiger partial charge on any atom is 0.270 e. The summed E-state index contributed by atoms with van der Waals surface area (Å²) in [5.41, 5.74) is 2.72. The van der Waals surface area contributed by atoms with Crippen LogP contribution < -0.4 is 10.6 Å². The minimum absolute atomic E-state index is 0.0942. The molecule has 26 heavy (non-hydrogen) atoms. The predicted molar refractivity (Wildman–Crippen MR) is 98.7 cm³/mol. The molecule has 3 aromatic rings. The van der Waals surface area contributed by atoms with E-state index in [4.69, 9.17) is 0 Å². The average Bonchev–Trinajstić information content (AvgIpc) is 2.68. The van der Waals surface area contributed by atoms with Crippen LogP contribution in [-0.4, -0.2) is 15.9 Å². The van der Waals surface area contributed by atoms with Gasteiger partial charge in [-0.1, -0.05) is 43.3 Å². The van der Waals surface area contributed by atoms with E-state index in [2.05, 4.69) is 27.5 Å². The van der Waals surface area contributed by atoms with Gasteiger partial charge in [0.1, 0.15) is 23.7 Å². The number of halogens is 1. The fourth-order valence-electron chi connectivity index (χ4n) is 2.55. The van der Waals surface area contributed by atoms with Crippen molar-refractivity contribution in [1.82, 2.24) is 15.3 Å². The number of rotatable bonds is 6. The van der Waals surface area contributed by atoms with E-state index in [-0.39, 0.29) is 24.0 Å². The van der Waals surface area contributed by atoms with Gasteiger partial charge in [-0.2, -0.15) is 0 Å². The Labute approximate surface area is 151 Å². The number of anilines is 2. The molecule has 0 aliphatic carbocycles. The van der Waals surface area contributed by atoms with Crippen LogP contribution in [0, 0.1) is 5.82 Å². The number of hydrogen-bond acceptors (Lipinski definition) is 4. The van der Waals surface area contributed by atoms with Crippen LogP contribution in [0.2, 0.25) is 0 Å². The van der Waals surface area contributed by atoms with Crippen molar-refractivity contribution in [2.75, 3.05) is 5.32 Å². The van der Waals surface area contributed by atoms with Gasteiger partial charge >= 0.3 is 0 Å². The zero-order valence-corrected chi connectivity index (χ0v) is 14.4. The molecule has 0 atom stereocenters. The highest BCUT2D eigenvalue weighted by molar-refractivity contribution is 5.92.